The molecule has 0 fully saturated rings. The van der Waals surface area contributed by atoms with Crippen LogP contribution >= 0.6 is 0 Å². The lowest BCUT2D eigenvalue weighted by molar-refractivity contribution is 0.679. The maximum atomic E-state index is 4.40. The van der Waals surface area contributed by atoms with E-state index in [0.29, 0.717) is 0 Å². The van der Waals surface area contributed by atoms with Crippen LogP contribution in [-0.4, -0.2) is 23.6 Å². The van der Waals surface area contributed by atoms with Gasteiger partial charge >= 0.3 is 0 Å². The molecular weight excluding hydrogens is 296 g/mol. The van der Waals surface area contributed by atoms with Crippen LogP contribution in [0.3, 0.4) is 0 Å². The van der Waals surface area contributed by atoms with Crippen LogP contribution in [0, 0.1) is 0 Å². The zero-order valence-electron chi connectivity index (χ0n) is 14.4. The van der Waals surface area contributed by atoms with Crippen LogP contribution < -0.4 is 10.2 Å². The van der Waals surface area contributed by atoms with Crippen molar-refractivity contribution in [1.82, 2.24) is 9.97 Å². The lowest BCUT2D eigenvalue weighted by atomic mass is 9.97. The van der Waals surface area contributed by atoms with Crippen LogP contribution in [0.2, 0.25) is 0 Å². The first-order valence-electron chi connectivity index (χ1n) is 8.80. The third kappa shape index (κ3) is 4.82. The number of nitrogens with zero attached hydrogens (tertiary/aromatic N) is 3. The Kier molecular flexibility index (Phi) is 5.83. The molecule has 2 aromatic rings. The van der Waals surface area contributed by atoms with E-state index in [1.807, 2.05) is 12.1 Å². The topological polar surface area (TPSA) is 41.0 Å². The van der Waals surface area contributed by atoms with Gasteiger partial charge in [-0.25, -0.2) is 9.97 Å². The Labute approximate surface area is 144 Å². The predicted molar refractivity (Wildman–Crippen MR) is 100 cm³/mol. The van der Waals surface area contributed by atoms with E-state index >= 15 is 0 Å². The minimum atomic E-state index is 0.837. The summed E-state index contributed by atoms with van der Waals surface area (Å²) >= 11 is 0. The summed E-state index contributed by atoms with van der Waals surface area (Å²) in [5, 5.41) is 3.43. The van der Waals surface area contributed by atoms with E-state index in [2.05, 4.69) is 57.6 Å². The molecule has 0 spiro atoms. The van der Waals surface area contributed by atoms with Crippen LogP contribution in [0.1, 0.15) is 37.7 Å². The molecule has 4 nitrogen and oxygen atoms in total. The smallest absolute Gasteiger partial charge is 0.134 e. The van der Waals surface area contributed by atoms with Crippen molar-refractivity contribution >= 4 is 11.6 Å². The molecule has 0 radical (unpaired) electrons. The average Bonchev–Trinajstić information content (AvgIpc) is 2.64. The lowest BCUT2D eigenvalue weighted by Crippen LogP contribution is -2.18. The Morgan fingerprint density at radius 1 is 1.12 bits per heavy atom. The summed E-state index contributed by atoms with van der Waals surface area (Å²) in [6.45, 7) is 1.77. The standard InChI is InChI=1S/C20H26N4/c1-24(15-18-10-6-3-7-11-18)20-14-19(22-16-23-20)21-13-12-17-8-4-2-5-9-17/h3,6-8,10-11,14,16H,2,4-5,9,12-13,15H2,1H3,(H,21,22,23). The molecule has 0 saturated carbocycles. The SMILES string of the molecule is CN(Cc1ccccc1)c1cc(NCCC2=CCCCC2)ncn1. The molecule has 4 heteroatoms. The van der Waals surface area contributed by atoms with E-state index in [9.17, 15) is 0 Å². The molecule has 0 bridgehead atoms. The highest BCUT2D eigenvalue weighted by atomic mass is 15.2. The number of rotatable bonds is 7. The molecule has 24 heavy (non-hydrogen) atoms. The van der Waals surface area contributed by atoms with Crippen molar-refractivity contribution < 1.29 is 0 Å². The first kappa shape index (κ1) is 16.5. The molecule has 1 aromatic heterocycles. The van der Waals surface area contributed by atoms with Crippen molar-refractivity contribution in [2.24, 2.45) is 0 Å². The van der Waals surface area contributed by atoms with Gasteiger partial charge in [-0.15, -0.1) is 0 Å². The maximum Gasteiger partial charge on any atom is 0.134 e. The van der Waals surface area contributed by atoms with E-state index in [1.165, 1.54) is 31.2 Å². The fourth-order valence-corrected chi connectivity index (χ4v) is 3.07. The van der Waals surface area contributed by atoms with Gasteiger partial charge in [-0.3, -0.25) is 0 Å². The van der Waals surface area contributed by atoms with Crippen molar-refractivity contribution in [2.75, 3.05) is 23.8 Å². The third-order valence-electron chi connectivity index (χ3n) is 4.44. The Hall–Kier alpha value is -2.36. The highest BCUT2D eigenvalue weighted by Crippen LogP contribution is 2.20. The fraction of sp³-hybridized carbons (Fsp3) is 0.400. The van der Waals surface area contributed by atoms with Gasteiger partial charge in [0.25, 0.3) is 0 Å². The first-order chi connectivity index (χ1) is 11.8. The second kappa shape index (κ2) is 8.48. The third-order valence-corrected chi connectivity index (χ3v) is 4.44. The predicted octanol–water partition coefficient (Wildman–Crippen LogP) is 4.42. The molecule has 0 saturated heterocycles. The van der Waals surface area contributed by atoms with Crippen LogP contribution in [0.25, 0.3) is 0 Å². The summed E-state index contributed by atoms with van der Waals surface area (Å²) in [6, 6.07) is 12.5. The normalized spacial score (nSPS) is 14.1. The molecule has 1 heterocycles. The second-order valence-electron chi connectivity index (χ2n) is 6.39. The van der Waals surface area contributed by atoms with Gasteiger partial charge in [0, 0.05) is 26.2 Å². The summed E-state index contributed by atoms with van der Waals surface area (Å²) in [7, 11) is 2.06. The van der Waals surface area contributed by atoms with E-state index in [1.54, 1.807) is 11.9 Å². The van der Waals surface area contributed by atoms with Crippen molar-refractivity contribution in [2.45, 2.75) is 38.6 Å². The number of hydrogen-bond acceptors (Lipinski definition) is 4. The van der Waals surface area contributed by atoms with Crippen LogP contribution in [0.4, 0.5) is 11.6 Å². The molecular formula is C20H26N4. The highest BCUT2D eigenvalue weighted by Gasteiger charge is 2.06. The molecule has 1 N–H and O–H groups in total. The Morgan fingerprint density at radius 2 is 2.00 bits per heavy atom. The van der Waals surface area contributed by atoms with Gasteiger partial charge in [-0.05, 0) is 37.7 Å². The monoisotopic (exact) mass is 322 g/mol. The van der Waals surface area contributed by atoms with Gasteiger partial charge in [0.15, 0.2) is 0 Å². The molecule has 1 aliphatic rings. The van der Waals surface area contributed by atoms with E-state index < -0.39 is 0 Å². The van der Waals surface area contributed by atoms with Crippen molar-refractivity contribution in [1.29, 1.82) is 0 Å². The van der Waals surface area contributed by atoms with Gasteiger partial charge in [0.1, 0.15) is 18.0 Å². The van der Waals surface area contributed by atoms with Crippen molar-refractivity contribution in [3.63, 3.8) is 0 Å². The summed E-state index contributed by atoms with van der Waals surface area (Å²) in [5.74, 6) is 1.84. The quantitative estimate of drug-likeness (QED) is 0.766. The lowest BCUT2D eigenvalue weighted by Gasteiger charge is -2.19. The fourth-order valence-electron chi connectivity index (χ4n) is 3.07. The minimum absolute atomic E-state index is 0.837. The zero-order valence-corrected chi connectivity index (χ0v) is 14.4. The number of aromatic nitrogens is 2. The summed E-state index contributed by atoms with van der Waals surface area (Å²) in [5.41, 5.74) is 2.86. The first-order valence-corrected chi connectivity index (χ1v) is 8.80. The summed E-state index contributed by atoms with van der Waals surface area (Å²) in [6.07, 6.45) is 10.4. The molecule has 0 aliphatic heterocycles. The second-order valence-corrected chi connectivity index (χ2v) is 6.39. The Morgan fingerprint density at radius 3 is 2.79 bits per heavy atom. The summed E-state index contributed by atoms with van der Waals surface area (Å²) in [4.78, 5) is 10.9. The largest absolute Gasteiger partial charge is 0.370 e. The Balaban J connectivity index is 1.54. The van der Waals surface area contributed by atoms with Gasteiger partial charge in [0.2, 0.25) is 0 Å². The van der Waals surface area contributed by atoms with Crippen LogP contribution in [0.15, 0.2) is 54.4 Å². The van der Waals surface area contributed by atoms with Gasteiger partial charge in [-0.2, -0.15) is 0 Å². The summed E-state index contributed by atoms with van der Waals surface area (Å²) < 4.78 is 0. The number of allylic oxidation sites excluding steroid dienone is 1. The maximum absolute atomic E-state index is 4.40. The molecule has 3 rings (SSSR count). The zero-order chi connectivity index (χ0) is 16.6. The number of anilines is 2. The van der Waals surface area contributed by atoms with Crippen LogP contribution in [-0.2, 0) is 6.54 Å². The number of hydrogen-bond donors (Lipinski definition) is 1. The van der Waals surface area contributed by atoms with Gasteiger partial charge in [0.05, 0.1) is 0 Å². The average molecular weight is 322 g/mol. The molecule has 1 aliphatic carbocycles. The van der Waals surface area contributed by atoms with Crippen molar-refractivity contribution in [3.05, 3.63) is 59.9 Å². The van der Waals surface area contributed by atoms with E-state index in [4.69, 9.17) is 0 Å². The van der Waals surface area contributed by atoms with Crippen LogP contribution in [0.5, 0.6) is 0 Å². The van der Waals surface area contributed by atoms with E-state index in [0.717, 1.165) is 31.1 Å². The highest BCUT2D eigenvalue weighted by molar-refractivity contribution is 5.48. The minimum Gasteiger partial charge on any atom is -0.370 e. The van der Waals surface area contributed by atoms with E-state index in [-0.39, 0.29) is 0 Å². The molecule has 0 atom stereocenters. The molecule has 0 amide bonds. The van der Waals surface area contributed by atoms with Crippen molar-refractivity contribution in [3.8, 4) is 0 Å². The molecule has 126 valence electrons. The number of nitrogens with one attached hydrogen (secondary N) is 1. The molecule has 0 unspecified atom stereocenters. The van der Waals surface area contributed by atoms with Gasteiger partial charge < -0.3 is 10.2 Å². The molecule has 1 aromatic carbocycles. The Bertz CT molecular complexity index is 666. The van der Waals surface area contributed by atoms with Gasteiger partial charge in [-0.1, -0.05) is 42.0 Å². The number of benzene rings is 1.